The summed E-state index contributed by atoms with van der Waals surface area (Å²) in [7, 11) is 1.55. The first-order valence-corrected chi connectivity index (χ1v) is 10.7. The van der Waals surface area contributed by atoms with Crippen LogP contribution in [0.4, 0.5) is 4.39 Å². The number of fused-ring (bicyclic) bond motifs is 1. The second-order valence-electron chi connectivity index (χ2n) is 8.25. The van der Waals surface area contributed by atoms with Gasteiger partial charge in [-0.3, -0.25) is 9.78 Å². The van der Waals surface area contributed by atoms with Gasteiger partial charge in [-0.1, -0.05) is 26.0 Å². The summed E-state index contributed by atoms with van der Waals surface area (Å²) in [6.07, 6.45) is 3.04. The Bertz CT molecular complexity index is 1150. The number of rotatable bonds is 7. The van der Waals surface area contributed by atoms with Gasteiger partial charge in [-0.25, -0.2) is 4.39 Å². The molecule has 0 amide bonds. The van der Waals surface area contributed by atoms with Crippen molar-refractivity contribution in [2.24, 2.45) is 5.92 Å². The first-order chi connectivity index (χ1) is 15.4. The molecule has 1 aliphatic carbocycles. The molecule has 32 heavy (non-hydrogen) atoms. The van der Waals surface area contributed by atoms with E-state index < -0.39 is 11.9 Å². The zero-order valence-corrected chi connectivity index (χ0v) is 18.3. The lowest BCUT2D eigenvalue weighted by molar-refractivity contribution is -0.141. The van der Waals surface area contributed by atoms with Gasteiger partial charge in [0.2, 0.25) is 0 Å². The fourth-order valence-corrected chi connectivity index (χ4v) is 4.09. The predicted molar refractivity (Wildman–Crippen MR) is 120 cm³/mol. The topological polar surface area (TPSA) is 68.7 Å². The van der Waals surface area contributed by atoms with Crippen molar-refractivity contribution < 1.29 is 23.8 Å². The van der Waals surface area contributed by atoms with Gasteiger partial charge in [-0.2, -0.15) is 0 Å². The van der Waals surface area contributed by atoms with Crippen molar-refractivity contribution in [3.8, 4) is 22.6 Å². The van der Waals surface area contributed by atoms with E-state index in [4.69, 9.17) is 9.47 Å². The molecule has 6 heteroatoms. The molecule has 1 aliphatic rings. The Morgan fingerprint density at radius 2 is 1.97 bits per heavy atom. The summed E-state index contributed by atoms with van der Waals surface area (Å²) >= 11 is 0. The van der Waals surface area contributed by atoms with Crippen LogP contribution in [-0.4, -0.2) is 23.2 Å². The van der Waals surface area contributed by atoms with Gasteiger partial charge < -0.3 is 14.6 Å². The fraction of sp³-hybridized carbons (Fsp3) is 0.308. The van der Waals surface area contributed by atoms with Crippen LogP contribution in [-0.2, 0) is 11.2 Å². The van der Waals surface area contributed by atoms with Crippen molar-refractivity contribution in [3.63, 3.8) is 0 Å². The van der Waals surface area contributed by atoms with Crippen LogP contribution in [0.2, 0.25) is 0 Å². The van der Waals surface area contributed by atoms with Gasteiger partial charge in [0.15, 0.2) is 0 Å². The van der Waals surface area contributed by atoms with Crippen molar-refractivity contribution >= 4 is 5.97 Å². The van der Waals surface area contributed by atoms with Crippen LogP contribution in [0, 0.1) is 11.7 Å². The van der Waals surface area contributed by atoms with Crippen molar-refractivity contribution in [2.45, 2.75) is 38.7 Å². The summed E-state index contributed by atoms with van der Waals surface area (Å²) in [6, 6.07) is 14.2. The summed E-state index contributed by atoms with van der Waals surface area (Å²) in [6.45, 7) is 3.62. The monoisotopic (exact) mass is 435 g/mol. The molecule has 1 heterocycles. The Kier molecular flexibility index (Phi) is 6.12. The molecule has 166 valence electrons. The molecule has 4 rings (SSSR count). The van der Waals surface area contributed by atoms with Crippen molar-refractivity contribution in [1.29, 1.82) is 0 Å². The summed E-state index contributed by atoms with van der Waals surface area (Å²) < 4.78 is 25.8. The van der Waals surface area contributed by atoms with Crippen LogP contribution in [0.25, 0.3) is 11.1 Å². The number of aromatic nitrogens is 1. The number of aliphatic carboxylic acids is 1. The van der Waals surface area contributed by atoms with Crippen molar-refractivity contribution in [1.82, 2.24) is 4.98 Å². The maximum Gasteiger partial charge on any atom is 0.306 e. The lowest BCUT2D eigenvalue weighted by Crippen LogP contribution is -2.16. The number of pyridine rings is 1. The molecule has 0 aliphatic heterocycles. The molecule has 3 aromatic rings. The van der Waals surface area contributed by atoms with Gasteiger partial charge in [-0.15, -0.1) is 0 Å². The number of carbonyl (C=O) groups is 1. The SMILES string of the molecule is COc1ccc(F)c(-c2cnc3c(c2)CC[C@H]3Oc2cccc([C@H](C)[C@H](C)C(=O)O)c2)c1. The lowest BCUT2D eigenvalue weighted by Gasteiger charge is -2.19. The van der Waals surface area contributed by atoms with E-state index in [9.17, 15) is 14.3 Å². The second-order valence-corrected chi connectivity index (χ2v) is 8.25. The van der Waals surface area contributed by atoms with Crippen LogP contribution in [0.3, 0.4) is 0 Å². The summed E-state index contributed by atoms with van der Waals surface area (Å²) in [5, 5.41) is 9.30. The highest BCUT2D eigenvalue weighted by molar-refractivity contribution is 5.71. The van der Waals surface area contributed by atoms with E-state index in [1.54, 1.807) is 32.4 Å². The number of aryl methyl sites for hydroxylation is 1. The largest absolute Gasteiger partial charge is 0.497 e. The standard InChI is InChI=1S/C26H26FNO4/c1-15(16(2)26(29)30)17-5-4-6-21(12-17)32-24-10-7-18-11-19(14-28-25(18)24)22-13-20(31-3)8-9-23(22)27/h4-6,8-9,11-16,24H,7,10H2,1-3H3,(H,29,30)/t15-,16+,24-/m1/s1. The third kappa shape index (κ3) is 4.31. The zero-order chi connectivity index (χ0) is 22.8. The normalized spacial score (nSPS) is 16.8. The molecule has 0 saturated carbocycles. The third-order valence-corrected chi connectivity index (χ3v) is 6.27. The van der Waals surface area contributed by atoms with Gasteiger partial charge in [-0.05, 0) is 66.3 Å². The minimum atomic E-state index is -0.819. The quantitative estimate of drug-likeness (QED) is 0.509. The van der Waals surface area contributed by atoms with Crippen LogP contribution >= 0.6 is 0 Å². The molecule has 1 N–H and O–H groups in total. The van der Waals surface area contributed by atoms with Gasteiger partial charge in [0.25, 0.3) is 0 Å². The second kappa shape index (κ2) is 8.99. The van der Waals surface area contributed by atoms with Crippen molar-refractivity contribution in [3.05, 3.63) is 77.4 Å². The van der Waals surface area contributed by atoms with Gasteiger partial charge >= 0.3 is 5.97 Å². The number of carboxylic acids is 1. The Labute approximate surface area is 186 Å². The van der Waals surface area contributed by atoms with Crippen molar-refractivity contribution in [2.75, 3.05) is 7.11 Å². The Hall–Kier alpha value is -3.41. The number of benzene rings is 2. The molecule has 3 atom stereocenters. The number of nitrogens with zero attached hydrogens (tertiary/aromatic N) is 1. The summed E-state index contributed by atoms with van der Waals surface area (Å²) in [4.78, 5) is 15.9. The fourth-order valence-electron chi connectivity index (χ4n) is 4.09. The van der Waals surface area contributed by atoms with E-state index >= 15 is 0 Å². The lowest BCUT2D eigenvalue weighted by atomic mass is 9.89. The van der Waals surface area contributed by atoms with Crippen LogP contribution in [0.15, 0.2) is 54.7 Å². The number of hydrogen-bond acceptors (Lipinski definition) is 4. The first kappa shape index (κ1) is 21.8. The highest BCUT2D eigenvalue weighted by Gasteiger charge is 2.27. The van der Waals surface area contributed by atoms with Gasteiger partial charge in [0, 0.05) is 17.3 Å². The highest BCUT2D eigenvalue weighted by Crippen LogP contribution is 2.37. The van der Waals surface area contributed by atoms with Crippen LogP contribution < -0.4 is 9.47 Å². The third-order valence-electron chi connectivity index (χ3n) is 6.27. The first-order valence-electron chi connectivity index (χ1n) is 10.7. The summed E-state index contributed by atoms with van der Waals surface area (Å²) in [5.74, 6) is -0.482. The summed E-state index contributed by atoms with van der Waals surface area (Å²) in [5.41, 5.74) is 3.98. The van der Waals surface area contributed by atoms with E-state index in [-0.39, 0.29) is 17.8 Å². The molecule has 1 aromatic heterocycles. The maximum atomic E-state index is 14.4. The Morgan fingerprint density at radius 1 is 1.16 bits per heavy atom. The van der Waals surface area contributed by atoms with Crippen LogP contribution in [0.1, 0.15) is 49.1 Å². The Balaban J connectivity index is 1.55. The van der Waals surface area contributed by atoms with Gasteiger partial charge in [0.1, 0.15) is 23.4 Å². The number of ether oxygens (including phenoxy) is 2. The molecular formula is C26H26FNO4. The van der Waals surface area contributed by atoms with E-state index in [1.807, 2.05) is 37.3 Å². The predicted octanol–water partition coefficient (Wildman–Crippen LogP) is 5.79. The average molecular weight is 435 g/mol. The number of halogens is 1. The average Bonchev–Trinajstić information content (AvgIpc) is 3.20. The number of hydrogen-bond donors (Lipinski definition) is 1. The zero-order valence-electron chi connectivity index (χ0n) is 18.3. The molecule has 0 saturated heterocycles. The highest BCUT2D eigenvalue weighted by atomic mass is 19.1. The van der Waals surface area contributed by atoms with E-state index in [0.29, 0.717) is 22.6 Å². The molecule has 5 nitrogen and oxygen atoms in total. The van der Waals surface area contributed by atoms with E-state index in [0.717, 1.165) is 29.7 Å². The number of methoxy groups -OCH3 is 1. The van der Waals surface area contributed by atoms with Crippen LogP contribution in [0.5, 0.6) is 11.5 Å². The molecular weight excluding hydrogens is 409 g/mol. The number of carboxylic acid groups (broad SMARTS) is 1. The van der Waals surface area contributed by atoms with Gasteiger partial charge in [0.05, 0.1) is 18.7 Å². The molecule has 0 unspecified atom stereocenters. The molecule has 0 spiro atoms. The molecule has 0 fully saturated rings. The molecule has 0 radical (unpaired) electrons. The Morgan fingerprint density at radius 3 is 2.72 bits per heavy atom. The smallest absolute Gasteiger partial charge is 0.306 e. The molecule has 0 bridgehead atoms. The molecule has 2 aromatic carbocycles. The van der Waals surface area contributed by atoms with E-state index in [2.05, 4.69) is 4.98 Å². The van der Waals surface area contributed by atoms with E-state index in [1.165, 1.54) is 6.07 Å². The minimum absolute atomic E-state index is 0.134. The maximum absolute atomic E-state index is 14.4. The minimum Gasteiger partial charge on any atom is -0.497 e.